The molecule has 0 aliphatic rings. The van der Waals surface area contributed by atoms with Crippen molar-refractivity contribution in [3.05, 3.63) is 0 Å². The summed E-state index contributed by atoms with van der Waals surface area (Å²) in [4.78, 5) is 9.18. The van der Waals surface area contributed by atoms with Crippen LogP contribution in [0.5, 0.6) is 0 Å². The van der Waals surface area contributed by atoms with Gasteiger partial charge in [-0.2, -0.15) is 0 Å². The summed E-state index contributed by atoms with van der Waals surface area (Å²) in [5.41, 5.74) is 0. The largest absolute Gasteiger partial charge is 0.382 e. The molecule has 0 aliphatic carbocycles. The number of hydrogen-bond acceptors (Lipinski definition) is 8. The molecule has 1 atom stereocenters. The van der Waals surface area contributed by atoms with E-state index in [1.807, 2.05) is 0 Å². The van der Waals surface area contributed by atoms with Gasteiger partial charge in [-0.25, -0.2) is 0 Å². The molecule has 0 spiro atoms. The standard InChI is InChI=1S/C15H33O9P/c1-18-5-6-21-9-10-23-13-14-24-12-11-22-8-7-20-4-3-15-25(16,17)19-2/h3-15H2,1-2H3,(H,16,17). The highest BCUT2D eigenvalue weighted by molar-refractivity contribution is 7.52. The van der Waals surface area contributed by atoms with E-state index in [1.54, 1.807) is 7.11 Å². The lowest BCUT2D eigenvalue weighted by atomic mass is 10.5. The van der Waals surface area contributed by atoms with Crippen molar-refractivity contribution in [3.8, 4) is 0 Å². The Morgan fingerprint density at radius 2 is 1.00 bits per heavy atom. The van der Waals surface area contributed by atoms with Gasteiger partial charge in [-0.15, -0.1) is 0 Å². The number of methoxy groups -OCH3 is 1. The molecule has 0 aromatic rings. The van der Waals surface area contributed by atoms with E-state index in [2.05, 4.69) is 4.52 Å². The second kappa shape index (κ2) is 18.7. The average Bonchev–Trinajstić information content (AvgIpc) is 2.60. The van der Waals surface area contributed by atoms with Crippen LogP contribution in [0.25, 0.3) is 0 Å². The second-order valence-corrected chi connectivity index (χ2v) is 7.04. The first-order valence-corrected chi connectivity index (χ1v) is 10.1. The third-order valence-corrected chi connectivity index (χ3v) is 4.39. The summed E-state index contributed by atoms with van der Waals surface area (Å²) < 4.78 is 47.0. The third kappa shape index (κ3) is 20.1. The van der Waals surface area contributed by atoms with Crippen molar-refractivity contribution in [2.75, 3.05) is 93.1 Å². The molecule has 1 unspecified atom stereocenters. The highest BCUT2D eigenvalue weighted by atomic mass is 31.2. The van der Waals surface area contributed by atoms with Gasteiger partial charge >= 0.3 is 7.60 Å². The molecule has 0 fully saturated rings. The van der Waals surface area contributed by atoms with Crippen LogP contribution in [0.15, 0.2) is 0 Å². The molecule has 10 heteroatoms. The van der Waals surface area contributed by atoms with E-state index < -0.39 is 7.60 Å². The maximum absolute atomic E-state index is 11.2. The highest BCUT2D eigenvalue weighted by Gasteiger charge is 2.15. The van der Waals surface area contributed by atoms with E-state index in [4.69, 9.17) is 28.4 Å². The Morgan fingerprint density at radius 3 is 1.36 bits per heavy atom. The molecule has 0 aliphatic heterocycles. The maximum atomic E-state index is 11.2. The fourth-order valence-electron chi connectivity index (χ4n) is 1.58. The third-order valence-electron chi connectivity index (χ3n) is 2.93. The lowest BCUT2D eigenvalue weighted by Crippen LogP contribution is -2.14. The predicted molar refractivity (Wildman–Crippen MR) is 92.3 cm³/mol. The molecule has 0 saturated heterocycles. The van der Waals surface area contributed by atoms with E-state index in [1.165, 1.54) is 7.11 Å². The summed E-state index contributed by atoms with van der Waals surface area (Å²) in [5.74, 6) is 0. The monoisotopic (exact) mass is 388 g/mol. The fourth-order valence-corrected chi connectivity index (χ4v) is 2.29. The number of ether oxygens (including phenoxy) is 6. The summed E-state index contributed by atoms with van der Waals surface area (Å²) >= 11 is 0. The zero-order valence-corrected chi connectivity index (χ0v) is 16.2. The number of hydrogen-bond donors (Lipinski definition) is 1. The van der Waals surface area contributed by atoms with Crippen LogP contribution in [-0.4, -0.2) is 98.0 Å². The topological polar surface area (TPSA) is 102 Å². The lowest BCUT2D eigenvalue weighted by Gasteiger charge is -2.09. The first-order chi connectivity index (χ1) is 12.1. The van der Waals surface area contributed by atoms with Gasteiger partial charge in [0.1, 0.15) is 0 Å². The van der Waals surface area contributed by atoms with Crippen LogP contribution in [0.4, 0.5) is 0 Å². The van der Waals surface area contributed by atoms with Crippen LogP contribution in [0.1, 0.15) is 6.42 Å². The Morgan fingerprint density at radius 1 is 0.640 bits per heavy atom. The van der Waals surface area contributed by atoms with Crippen LogP contribution in [0.3, 0.4) is 0 Å². The molecule has 0 bridgehead atoms. The molecule has 0 aromatic carbocycles. The van der Waals surface area contributed by atoms with Crippen LogP contribution < -0.4 is 0 Å². The van der Waals surface area contributed by atoms with Gasteiger partial charge in [0.25, 0.3) is 0 Å². The molecule has 0 amide bonds. The summed E-state index contributed by atoms with van der Waals surface area (Å²) in [5, 5.41) is 0. The minimum atomic E-state index is -3.41. The SMILES string of the molecule is COCCOCCOCCOCCOCCOCCCP(=O)(O)OC. The van der Waals surface area contributed by atoms with Gasteiger partial charge in [-0.3, -0.25) is 4.57 Å². The summed E-state index contributed by atoms with van der Waals surface area (Å²) in [6.07, 6.45) is 0.571. The normalized spacial score (nSPS) is 13.9. The number of rotatable bonds is 20. The zero-order valence-electron chi connectivity index (χ0n) is 15.4. The molecule has 0 aromatic heterocycles. The quantitative estimate of drug-likeness (QED) is 0.241. The Bertz CT molecular complexity index is 317. The van der Waals surface area contributed by atoms with Crippen LogP contribution >= 0.6 is 7.60 Å². The zero-order chi connectivity index (χ0) is 18.6. The Hall–Kier alpha value is -0.0900. The molecular weight excluding hydrogens is 355 g/mol. The minimum absolute atomic E-state index is 0.0968. The van der Waals surface area contributed by atoms with Gasteiger partial charge in [0.05, 0.1) is 72.2 Å². The Kier molecular flexibility index (Phi) is 18.6. The summed E-state index contributed by atoms with van der Waals surface area (Å²) in [6.45, 7) is 5.57. The van der Waals surface area contributed by atoms with E-state index in [9.17, 15) is 9.46 Å². The van der Waals surface area contributed by atoms with E-state index >= 15 is 0 Å². The van der Waals surface area contributed by atoms with Gasteiger partial charge in [0.2, 0.25) is 0 Å². The molecular formula is C15H33O9P. The van der Waals surface area contributed by atoms with E-state index in [0.29, 0.717) is 79.1 Å². The second-order valence-electron chi connectivity index (χ2n) is 4.95. The highest BCUT2D eigenvalue weighted by Crippen LogP contribution is 2.40. The molecule has 9 nitrogen and oxygen atoms in total. The van der Waals surface area contributed by atoms with Crippen molar-refractivity contribution in [2.45, 2.75) is 6.42 Å². The van der Waals surface area contributed by atoms with Crippen LogP contribution in [0.2, 0.25) is 0 Å². The van der Waals surface area contributed by atoms with Crippen molar-refractivity contribution < 1.29 is 42.4 Å². The smallest absolute Gasteiger partial charge is 0.327 e. The predicted octanol–water partition coefficient (Wildman–Crippen LogP) is 0.938. The van der Waals surface area contributed by atoms with Crippen molar-refractivity contribution in [2.24, 2.45) is 0 Å². The Labute approximate surface area is 150 Å². The molecule has 152 valence electrons. The van der Waals surface area contributed by atoms with Crippen LogP contribution in [0, 0.1) is 0 Å². The van der Waals surface area contributed by atoms with E-state index in [-0.39, 0.29) is 6.16 Å². The van der Waals surface area contributed by atoms with Gasteiger partial charge in [-0.05, 0) is 6.42 Å². The first-order valence-electron chi connectivity index (χ1n) is 8.37. The average molecular weight is 388 g/mol. The molecule has 0 radical (unpaired) electrons. The lowest BCUT2D eigenvalue weighted by molar-refractivity contribution is -0.0146. The van der Waals surface area contributed by atoms with Crippen LogP contribution in [-0.2, 0) is 37.5 Å². The molecule has 0 rings (SSSR count). The molecule has 25 heavy (non-hydrogen) atoms. The van der Waals surface area contributed by atoms with Gasteiger partial charge in [-0.1, -0.05) is 0 Å². The molecule has 0 heterocycles. The molecule has 1 N–H and O–H groups in total. The van der Waals surface area contributed by atoms with Crippen molar-refractivity contribution in [1.29, 1.82) is 0 Å². The first kappa shape index (κ1) is 24.9. The fraction of sp³-hybridized carbons (Fsp3) is 1.00. The van der Waals surface area contributed by atoms with Crippen molar-refractivity contribution >= 4 is 7.60 Å². The van der Waals surface area contributed by atoms with Gasteiger partial charge < -0.3 is 37.8 Å². The van der Waals surface area contributed by atoms with E-state index in [0.717, 1.165) is 0 Å². The Balaban J connectivity index is 3.06. The maximum Gasteiger partial charge on any atom is 0.327 e. The van der Waals surface area contributed by atoms with Gasteiger partial charge in [0.15, 0.2) is 0 Å². The van der Waals surface area contributed by atoms with Crippen molar-refractivity contribution in [3.63, 3.8) is 0 Å². The summed E-state index contributed by atoms with van der Waals surface area (Å²) in [6, 6.07) is 0. The van der Waals surface area contributed by atoms with Crippen molar-refractivity contribution in [1.82, 2.24) is 0 Å². The molecule has 0 saturated carbocycles. The van der Waals surface area contributed by atoms with Gasteiger partial charge in [0, 0.05) is 20.8 Å². The minimum Gasteiger partial charge on any atom is -0.382 e. The summed E-state index contributed by atoms with van der Waals surface area (Å²) in [7, 11) is -0.556.